The summed E-state index contributed by atoms with van der Waals surface area (Å²) in [7, 11) is -4.07. The molecule has 0 spiro atoms. The summed E-state index contributed by atoms with van der Waals surface area (Å²) in [5, 5.41) is 0. The molecule has 1 amide bonds. The molecule has 0 atom stereocenters. The van der Waals surface area contributed by atoms with Crippen LogP contribution in [0.5, 0.6) is 5.75 Å². The third-order valence-electron chi connectivity index (χ3n) is 5.97. The van der Waals surface area contributed by atoms with Gasteiger partial charge in [0.25, 0.3) is 15.9 Å². The zero-order valence-electron chi connectivity index (χ0n) is 20.7. The Morgan fingerprint density at radius 2 is 1.62 bits per heavy atom. The largest absolute Gasteiger partial charge is 0.493 e. The van der Waals surface area contributed by atoms with Crippen LogP contribution in [0.2, 0.25) is 0 Å². The van der Waals surface area contributed by atoms with Gasteiger partial charge >= 0.3 is 0 Å². The number of halogens is 1. The molecule has 0 aliphatic carbocycles. The summed E-state index contributed by atoms with van der Waals surface area (Å²) in [5.74, 6) is 0.0930. The minimum atomic E-state index is -4.07. The predicted octanol–water partition coefficient (Wildman–Crippen LogP) is 6.73. The zero-order valence-corrected chi connectivity index (χ0v) is 23.1. The fraction of sp³-hybridized carbons (Fsp3) is 0.167. The first kappa shape index (κ1) is 26.6. The van der Waals surface area contributed by atoms with Crippen LogP contribution >= 0.6 is 15.9 Å². The maximum atomic E-state index is 13.3. The van der Waals surface area contributed by atoms with Crippen LogP contribution in [0.1, 0.15) is 34.0 Å². The SMILES string of the molecule is CCOc1ccc(C)cc1-c1ccc(C(=O)NS(=O)(=O)c2ccccc2Br)c(CCc2ccccc2)c1. The Bertz CT molecular complexity index is 1520. The topological polar surface area (TPSA) is 72.5 Å². The number of amides is 1. The van der Waals surface area contributed by atoms with Crippen LogP contribution in [0.3, 0.4) is 0 Å². The third-order valence-corrected chi connectivity index (χ3v) is 8.32. The molecule has 1 N–H and O–H groups in total. The quantitative estimate of drug-likeness (QED) is 0.239. The molecule has 7 heteroatoms. The highest BCUT2D eigenvalue weighted by molar-refractivity contribution is 9.10. The summed E-state index contributed by atoms with van der Waals surface area (Å²) in [6.45, 7) is 4.49. The van der Waals surface area contributed by atoms with Gasteiger partial charge in [-0.1, -0.05) is 66.2 Å². The minimum Gasteiger partial charge on any atom is -0.493 e. The van der Waals surface area contributed by atoms with E-state index in [1.807, 2.05) is 68.4 Å². The van der Waals surface area contributed by atoms with E-state index in [0.29, 0.717) is 29.5 Å². The van der Waals surface area contributed by atoms with E-state index in [9.17, 15) is 13.2 Å². The first-order chi connectivity index (χ1) is 17.8. The van der Waals surface area contributed by atoms with Gasteiger partial charge < -0.3 is 4.74 Å². The summed E-state index contributed by atoms with van der Waals surface area (Å²) in [6, 6.07) is 27.9. The number of hydrogen-bond acceptors (Lipinski definition) is 4. The molecule has 0 heterocycles. The zero-order chi connectivity index (χ0) is 26.4. The van der Waals surface area contributed by atoms with Gasteiger partial charge in [-0.25, -0.2) is 13.1 Å². The van der Waals surface area contributed by atoms with Gasteiger partial charge in [-0.2, -0.15) is 0 Å². The van der Waals surface area contributed by atoms with Gasteiger partial charge in [-0.05, 0) is 89.6 Å². The number of ether oxygens (including phenoxy) is 1. The Labute approximate surface area is 226 Å². The monoisotopic (exact) mass is 577 g/mol. The molecule has 0 radical (unpaired) electrons. The van der Waals surface area contributed by atoms with Crippen molar-refractivity contribution < 1.29 is 17.9 Å². The van der Waals surface area contributed by atoms with Crippen molar-refractivity contribution in [1.82, 2.24) is 4.72 Å². The van der Waals surface area contributed by atoms with Crippen molar-refractivity contribution in [3.05, 3.63) is 118 Å². The van der Waals surface area contributed by atoms with Gasteiger partial charge in [-0.3, -0.25) is 4.79 Å². The molecule has 0 bridgehead atoms. The lowest BCUT2D eigenvalue weighted by Gasteiger charge is -2.16. The summed E-state index contributed by atoms with van der Waals surface area (Å²) in [5.41, 5.74) is 5.12. The number of aryl methyl sites for hydroxylation is 3. The second kappa shape index (κ2) is 11.8. The van der Waals surface area contributed by atoms with Crippen LogP contribution in [0.25, 0.3) is 11.1 Å². The summed E-state index contributed by atoms with van der Waals surface area (Å²) in [6.07, 6.45) is 1.26. The van der Waals surface area contributed by atoms with Crippen LogP contribution in [0, 0.1) is 6.92 Å². The highest BCUT2D eigenvalue weighted by Crippen LogP contribution is 2.33. The van der Waals surface area contributed by atoms with E-state index >= 15 is 0 Å². The summed E-state index contributed by atoms with van der Waals surface area (Å²) in [4.78, 5) is 13.3. The second-order valence-electron chi connectivity index (χ2n) is 8.66. The Morgan fingerprint density at radius 3 is 2.35 bits per heavy atom. The molecule has 4 rings (SSSR count). The van der Waals surface area contributed by atoms with E-state index in [4.69, 9.17) is 4.74 Å². The molecule has 190 valence electrons. The average molecular weight is 579 g/mol. The molecular formula is C30H28BrNO4S. The number of benzene rings is 4. The molecule has 0 aliphatic heterocycles. The number of carbonyl (C=O) groups is 1. The van der Waals surface area contributed by atoms with Crippen molar-refractivity contribution >= 4 is 31.9 Å². The summed E-state index contributed by atoms with van der Waals surface area (Å²) < 4.78 is 34.5. The fourth-order valence-corrected chi connectivity index (χ4v) is 6.13. The van der Waals surface area contributed by atoms with Crippen molar-refractivity contribution in [2.45, 2.75) is 31.6 Å². The first-order valence-corrected chi connectivity index (χ1v) is 14.3. The normalized spacial score (nSPS) is 11.2. The van der Waals surface area contributed by atoms with Crippen molar-refractivity contribution in [1.29, 1.82) is 0 Å². The number of nitrogens with one attached hydrogen (secondary N) is 1. The maximum Gasteiger partial charge on any atom is 0.265 e. The molecule has 0 aromatic heterocycles. The van der Waals surface area contributed by atoms with Crippen molar-refractivity contribution in [3.8, 4) is 16.9 Å². The number of rotatable bonds is 9. The predicted molar refractivity (Wildman–Crippen MR) is 150 cm³/mol. The Hall–Kier alpha value is -3.42. The lowest BCUT2D eigenvalue weighted by molar-refractivity contribution is 0.0980. The van der Waals surface area contributed by atoms with Gasteiger partial charge in [0.05, 0.1) is 6.61 Å². The van der Waals surface area contributed by atoms with E-state index in [-0.39, 0.29) is 4.90 Å². The van der Waals surface area contributed by atoms with Crippen LogP contribution in [0.4, 0.5) is 0 Å². The van der Waals surface area contributed by atoms with Gasteiger partial charge in [0.15, 0.2) is 0 Å². The number of hydrogen-bond donors (Lipinski definition) is 1. The Morgan fingerprint density at radius 1 is 0.892 bits per heavy atom. The van der Waals surface area contributed by atoms with Gasteiger partial charge in [0.1, 0.15) is 10.6 Å². The van der Waals surface area contributed by atoms with Gasteiger partial charge in [-0.15, -0.1) is 0 Å². The van der Waals surface area contributed by atoms with Crippen LogP contribution in [0.15, 0.2) is 100 Å². The number of carbonyl (C=O) groups excluding carboxylic acids is 1. The smallest absolute Gasteiger partial charge is 0.265 e. The lowest BCUT2D eigenvalue weighted by Crippen LogP contribution is -2.31. The van der Waals surface area contributed by atoms with E-state index < -0.39 is 15.9 Å². The average Bonchev–Trinajstić information content (AvgIpc) is 2.89. The maximum absolute atomic E-state index is 13.3. The Kier molecular flexibility index (Phi) is 8.46. The molecule has 37 heavy (non-hydrogen) atoms. The molecule has 0 saturated carbocycles. The third kappa shape index (κ3) is 6.48. The van der Waals surface area contributed by atoms with E-state index in [1.165, 1.54) is 6.07 Å². The Balaban J connectivity index is 1.73. The second-order valence-corrected chi connectivity index (χ2v) is 11.2. The van der Waals surface area contributed by atoms with Crippen LogP contribution in [-0.2, 0) is 22.9 Å². The minimum absolute atomic E-state index is 0.00641. The molecule has 0 unspecified atom stereocenters. The first-order valence-electron chi connectivity index (χ1n) is 12.0. The van der Waals surface area contributed by atoms with Crippen molar-refractivity contribution in [3.63, 3.8) is 0 Å². The fourth-order valence-electron chi connectivity index (χ4n) is 4.16. The van der Waals surface area contributed by atoms with Crippen molar-refractivity contribution in [2.75, 3.05) is 6.61 Å². The van der Waals surface area contributed by atoms with Gasteiger partial charge in [0, 0.05) is 15.6 Å². The van der Waals surface area contributed by atoms with E-state index in [1.54, 1.807) is 24.3 Å². The van der Waals surface area contributed by atoms with Gasteiger partial charge in [0.2, 0.25) is 0 Å². The number of sulfonamides is 1. The van der Waals surface area contributed by atoms with Crippen LogP contribution < -0.4 is 9.46 Å². The summed E-state index contributed by atoms with van der Waals surface area (Å²) >= 11 is 3.26. The molecule has 4 aromatic rings. The van der Waals surface area contributed by atoms with Crippen molar-refractivity contribution in [2.24, 2.45) is 0 Å². The molecule has 5 nitrogen and oxygen atoms in total. The molecule has 0 saturated heterocycles. The standard InChI is InChI=1S/C30H28BrNO4S/c1-3-36-28-18-13-21(2)19-26(28)24-16-17-25(23(20-24)15-14-22-9-5-4-6-10-22)30(33)32-37(34,35)29-12-8-7-11-27(29)31/h4-13,16-20H,3,14-15H2,1-2H3,(H,32,33). The molecule has 4 aromatic carbocycles. The molecular weight excluding hydrogens is 550 g/mol. The highest BCUT2D eigenvalue weighted by Gasteiger charge is 2.23. The van der Waals surface area contributed by atoms with E-state index in [0.717, 1.165) is 33.6 Å². The lowest BCUT2D eigenvalue weighted by atomic mass is 9.94. The van der Waals surface area contributed by atoms with E-state index in [2.05, 4.69) is 26.7 Å². The van der Waals surface area contributed by atoms with Crippen LogP contribution in [-0.4, -0.2) is 20.9 Å². The highest BCUT2D eigenvalue weighted by atomic mass is 79.9. The molecule has 0 fully saturated rings. The molecule has 0 aliphatic rings.